The number of rotatable bonds is 56. The van der Waals surface area contributed by atoms with Crippen molar-refractivity contribution < 1.29 is 62.6 Å². The van der Waals surface area contributed by atoms with E-state index in [2.05, 4.69) is 68.5 Å². The number of nitrogens with one attached hydrogen (secondary N) is 11. The third-order valence-electron chi connectivity index (χ3n) is 19.0. The van der Waals surface area contributed by atoms with Crippen LogP contribution in [0.3, 0.4) is 0 Å². The van der Waals surface area contributed by atoms with Crippen molar-refractivity contribution in [2.24, 2.45) is 85.4 Å². The second kappa shape index (κ2) is 53.4. The zero-order valence-corrected chi connectivity index (χ0v) is 66.9. The van der Waals surface area contributed by atoms with Crippen LogP contribution >= 0.6 is 0 Å². The molecule has 0 aliphatic rings. The average molecular weight is 1560 g/mol. The van der Waals surface area contributed by atoms with Gasteiger partial charge in [0.05, 0.1) is 6.04 Å². The number of guanidine groups is 2. The van der Waals surface area contributed by atoms with Crippen LogP contribution in [0.15, 0.2) is 70.6 Å². The van der Waals surface area contributed by atoms with Crippen LogP contribution in [-0.2, 0) is 70.4 Å². The molecule has 0 spiro atoms. The number of benzene rings is 2. The van der Waals surface area contributed by atoms with Crippen molar-refractivity contribution in [2.75, 3.05) is 32.7 Å². The van der Waals surface area contributed by atoms with E-state index in [1.165, 1.54) is 0 Å². The smallest absolute Gasteiger partial charge is 0.326 e. The fourth-order valence-corrected chi connectivity index (χ4v) is 12.0. The number of nitrogens with two attached hydrogens (primary N) is 8. The molecule has 34 heteroatoms. The van der Waals surface area contributed by atoms with Crippen LogP contribution in [0, 0.1) is 29.6 Å². The molecule has 0 aromatic heterocycles. The van der Waals surface area contributed by atoms with Gasteiger partial charge < -0.3 is 109 Å². The predicted molar refractivity (Wildman–Crippen MR) is 428 cm³/mol. The third kappa shape index (κ3) is 38.3. The summed E-state index contributed by atoms with van der Waals surface area (Å²) in [6, 6.07) is 2.04. The topological polar surface area (TPSA) is 590 Å². The maximum atomic E-state index is 14.8. The molecule has 0 radical (unpaired) electrons. The summed E-state index contributed by atoms with van der Waals surface area (Å²) < 4.78 is 0. The van der Waals surface area contributed by atoms with Gasteiger partial charge in [0, 0.05) is 25.9 Å². The number of carbonyl (C=O) groups excluding carboxylic acids is 11. The highest BCUT2D eigenvalue weighted by atomic mass is 16.4. The van der Waals surface area contributed by atoms with Crippen LogP contribution < -0.4 is 104 Å². The molecule has 0 unspecified atom stereocenters. The Hall–Kier alpha value is -9.54. The van der Waals surface area contributed by atoms with Crippen molar-refractivity contribution in [3.05, 3.63) is 71.8 Å². The fourth-order valence-electron chi connectivity index (χ4n) is 12.0. The second-order valence-electron chi connectivity index (χ2n) is 29.8. The summed E-state index contributed by atoms with van der Waals surface area (Å²) in [5.41, 5.74) is 47.5. The third-order valence-corrected chi connectivity index (χ3v) is 19.0. The summed E-state index contributed by atoms with van der Waals surface area (Å²) in [4.78, 5) is 180. The van der Waals surface area contributed by atoms with E-state index >= 15 is 0 Å². The highest BCUT2D eigenvalue weighted by molar-refractivity contribution is 5.99. The quantitative estimate of drug-likeness (QED) is 0.0227. The van der Waals surface area contributed by atoms with Crippen molar-refractivity contribution in [1.82, 2.24) is 58.5 Å². The van der Waals surface area contributed by atoms with E-state index < -0.39 is 155 Å². The first kappa shape index (κ1) is 97.5. The minimum absolute atomic E-state index is 0.00625. The lowest BCUT2D eigenvalue weighted by Gasteiger charge is -2.31. The maximum absolute atomic E-state index is 14.8. The molecule has 111 heavy (non-hydrogen) atoms. The summed E-state index contributed by atoms with van der Waals surface area (Å²) in [5.74, 6) is -11.9. The van der Waals surface area contributed by atoms with Gasteiger partial charge in [-0.1, -0.05) is 143 Å². The standard InChI is InChI=1S/C77H133N21O13/c1-11-48(9)61(81)72(107)91-53(32-20-23-37-79)64(99)89-56(35-26-40-87-77(84)85)68(103)98-63(49(10)12-2)74(109)95-57(41-45(3)4)69(104)90-52(31-19-22-36-78)66(101)93-58(42-46(5)6)71(106)97-62(47(7)8)73(108)92-54(33-21-24-38-80)65(100)88-55(34-25-39-86-76(82)83)67(102)94-59(43-50-27-15-13-16-28-50)70(105)96-60(75(110)111)44-51-29-17-14-18-30-51/h13-18,27-30,45-49,52-63H,11-12,19-26,31-44,78-81H2,1-10H3,(H,88,100)(H,89,99)(H,90,104)(H,91,107)(H,92,108)(H,93,101)(H,94,102)(H,95,109)(H,96,105)(H,97,106)(H,98,103)(H,110,111)(H4,82,83,86)(H4,84,85,87)/t48-,49-,52-,53-,54-,55-,56-,57-,58-,59-,60-,61-,62-,63-/m0/s1. The summed E-state index contributed by atoms with van der Waals surface area (Å²) in [6.45, 7) is 18.7. The van der Waals surface area contributed by atoms with Crippen LogP contribution in [0.5, 0.6) is 0 Å². The summed E-state index contributed by atoms with van der Waals surface area (Å²) in [5, 5.41) is 40.7. The van der Waals surface area contributed by atoms with Crippen LogP contribution in [0.25, 0.3) is 0 Å². The van der Waals surface area contributed by atoms with Gasteiger partial charge >= 0.3 is 5.97 Å². The molecule has 2 rings (SSSR count). The Kier molecular flexibility index (Phi) is 46.9. The van der Waals surface area contributed by atoms with E-state index in [0.717, 1.165) is 0 Å². The number of carboxylic acid groups (broad SMARTS) is 1. The number of carbonyl (C=O) groups is 12. The molecule has 2 aromatic rings. The van der Waals surface area contributed by atoms with E-state index in [4.69, 9.17) is 45.9 Å². The highest BCUT2D eigenvalue weighted by Crippen LogP contribution is 2.18. The summed E-state index contributed by atoms with van der Waals surface area (Å²) in [6.07, 6.45) is 3.91. The minimum atomic E-state index is -1.39. The number of hydrogen-bond donors (Lipinski definition) is 20. The first-order chi connectivity index (χ1) is 52.6. The molecule has 14 atom stereocenters. The zero-order chi connectivity index (χ0) is 83.3. The van der Waals surface area contributed by atoms with E-state index in [-0.39, 0.29) is 126 Å². The molecule has 0 saturated carbocycles. The summed E-state index contributed by atoms with van der Waals surface area (Å²) >= 11 is 0. The molecule has 0 heterocycles. The molecule has 2 aromatic carbocycles. The lowest BCUT2D eigenvalue weighted by molar-refractivity contribution is -0.142. The van der Waals surface area contributed by atoms with Gasteiger partial charge in [0.15, 0.2) is 11.9 Å². The lowest BCUT2D eigenvalue weighted by atomic mass is 9.95. The van der Waals surface area contributed by atoms with Crippen molar-refractivity contribution in [3.63, 3.8) is 0 Å². The Labute approximate surface area is 655 Å². The lowest BCUT2D eigenvalue weighted by Crippen LogP contribution is -2.62. The Morgan fingerprint density at radius 2 is 0.640 bits per heavy atom. The molecule has 0 aliphatic carbocycles. The van der Waals surface area contributed by atoms with Crippen molar-refractivity contribution >= 4 is 82.9 Å². The fraction of sp³-hybridized carbons (Fsp3) is 0.662. The van der Waals surface area contributed by atoms with Gasteiger partial charge in [0.25, 0.3) is 0 Å². The average Bonchev–Trinajstić information content (AvgIpc) is 0.853. The molecule has 0 bridgehead atoms. The molecule has 0 fully saturated rings. The summed E-state index contributed by atoms with van der Waals surface area (Å²) in [7, 11) is 0. The van der Waals surface area contributed by atoms with Crippen LogP contribution in [0.2, 0.25) is 0 Å². The molecule has 624 valence electrons. The van der Waals surface area contributed by atoms with Gasteiger partial charge in [0.1, 0.15) is 66.5 Å². The van der Waals surface area contributed by atoms with Gasteiger partial charge in [-0.05, 0) is 157 Å². The molecule has 34 nitrogen and oxygen atoms in total. The number of aliphatic imine (C=N–C) groups is 2. The van der Waals surface area contributed by atoms with Crippen LogP contribution in [0.4, 0.5) is 0 Å². The van der Waals surface area contributed by atoms with E-state index in [1.807, 2.05) is 41.5 Å². The first-order valence-corrected chi connectivity index (χ1v) is 39.2. The van der Waals surface area contributed by atoms with E-state index in [0.29, 0.717) is 69.0 Å². The number of unbranched alkanes of at least 4 members (excludes halogenated alkanes) is 3. The number of hydrogen-bond acceptors (Lipinski definition) is 18. The maximum Gasteiger partial charge on any atom is 0.326 e. The van der Waals surface area contributed by atoms with Gasteiger partial charge in [-0.15, -0.1) is 0 Å². The van der Waals surface area contributed by atoms with Gasteiger partial charge in [-0.3, -0.25) is 62.7 Å². The SMILES string of the molecule is CC[C@H](C)[C@H](N)C(=O)N[C@@H](CCCCN)C(=O)N[C@@H](CCCN=C(N)N)C(=O)N[C@H](C(=O)N[C@@H](CC(C)C)C(=O)N[C@@H](CCCCN)C(=O)N[C@@H](CC(C)C)C(=O)N[C@H](C(=O)N[C@@H](CCCCN)C(=O)N[C@@H](CCCN=C(N)N)C(=O)N[C@@H](Cc1ccccc1)C(=O)N[C@@H](Cc1ccccc1)C(=O)O)C(C)C)[C@@H](C)CC. The van der Waals surface area contributed by atoms with Crippen molar-refractivity contribution in [1.29, 1.82) is 0 Å². The largest absolute Gasteiger partial charge is 0.480 e. The first-order valence-electron chi connectivity index (χ1n) is 39.2. The minimum Gasteiger partial charge on any atom is -0.480 e. The zero-order valence-electron chi connectivity index (χ0n) is 66.9. The van der Waals surface area contributed by atoms with Gasteiger partial charge in [-0.25, -0.2) is 4.79 Å². The van der Waals surface area contributed by atoms with Crippen molar-refractivity contribution in [3.8, 4) is 0 Å². The number of amides is 11. The Morgan fingerprint density at radius 3 is 1.00 bits per heavy atom. The highest BCUT2D eigenvalue weighted by Gasteiger charge is 2.39. The molecular weight excluding hydrogens is 1430 g/mol. The molecule has 0 saturated heterocycles. The number of aliphatic carboxylic acids is 1. The molecule has 11 amide bonds. The monoisotopic (exact) mass is 1560 g/mol. The normalized spacial score (nSPS) is 15.1. The van der Waals surface area contributed by atoms with Crippen molar-refractivity contribution in [2.45, 2.75) is 264 Å². The Balaban J connectivity index is 2.56. The molecule has 28 N–H and O–H groups in total. The second-order valence-corrected chi connectivity index (χ2v) is 29.8. The Bertz CT molecular complexity index is 3270. The van der Waals surface area contributed by atoms with E-state index in [9.17, 15) is 62.6 Å². The molecule has 0 aliphatic heterocycles. The van der Waals surface area contributed by atoms with Crippen LogP contribution in [0.1, 0.15) is 190 Å². The molecular formula is C77H133N21O13. The van der Waals surface area contributed by atoms with Crippen LogP contribution in [-0.4, -0.2) is 193 Å². The van der Waals surface area contributed by atoms with Gasteiger partial charge in [-0.2, -0.15) is 0 Å². The van der Waals surface area contributed by atoms with Gasteiger partial charge in [0.2, 0.25) is 65.0 Å². The predicted octanol–water partition coefficient (Wildman–Crippen LogP) is -0.449. The van der Waals surface area contributed by atoms with E-state index in [1.54, 1.807) is 88.4 Å². The Morgan fingerprint density at radius 1 is 0.351 bits per heavy atom. The number of carboxylic acids is 1. The number of nitrogens with zero attached hydrogens (tertiary/aromatic N) is 2.